The molecule has 2 atom stereocenters. The highest BCUT2D eigenvalue weighted by atomic mass is 35.5. The maximum atomic E-state index is 12.7. The highest BCUT2D eigenvalue weighted by molar-refractivity contribution is 6.40. The van der Waals surface area contributed by atoms with Gasteiger partial charge in [-0.15, -0.1) is 0 Å². The molecule has 2 aromatic rings. The van der Waals surface area contributed by atoms with Crippen LogP contribution in [0, 0.1) is 6.92 Å². The van der Waals surface area contributed by atoms with Gasteiger partial charge in [-0.2, -0.15) is 0 Å². The van der Waals surface area contributed by atoms with E-state index in [1.807, 2.05) is 31.2 Å². The Morgan fingerprint density at radius 1 is 1.21 bits per heavy atom. The number of carbonyl (C=O) groups excluding carboxylic acids is 1. The van der Waals surface area contributed by atoms with Gasteiger partial charge in [-0.25, -0.2) is 0 Å². The summed E-state index contributed by atoms with van der Waals surface area (Å²) >= 11 is 12.5. The van der Waals surface area contributed by atoms with E-state index < -0.39 is 0 Å². The number of hydrogen-bond donors (Lipinski definition) is 2. The summed E-state index contributed by atoms with van der Waals surface area (Å²) in [6.45, 7) is 3.13. The van der Waals surface area contributed by atoms with E-state index in [2.05, 4.69) is 5.32 Å². The lowest BCUT2D eigenvalue weighted by Gasteiger charge is -2.23. The molecule has 1 heterocycles. The van der Waals surface area contributed by atoms with Crippen LogP contribution in [0.15, 0.2) is 30.3 Å². The van der Waals surface area contributed by atoms with E-state index in [-0.39, 0.29) is 11.9 Å². The van der Waals surface area contributed by atoms with Crippen molar-refractivity contribution in [2.75, 3.05) is 32.6 Å². The monoisotopic (exact) mass is 423 g/mol. The van der Waals surface area contributed by atoms with E-state index in [0.717, 1.165) is 42.0 Å². The van der Waals surface area contributed by atoms with Gasteiger partial charge in [0, 0.05) is 18.9 Å². The Morgan fingerprint density at radius 2 is 2.00 bits per heavy atom. The molecule has 1 saturated heterocycles. The molecule has 1 aliphatic heterocycles. The van der Waals surface area contributed by atoms with Crippen LogP contribution in [0.5, 0.6) is 11.5 Å². The summed E-state index contributed by atoms with van der Waals surface area (Å²) in [6, 6.07) is 9.61. The summed E-state index contributed by atoms with van der Waals surface area (Å²) in [4.78, 5) is 13.9. The van der Waals surface area contributed by atoms with Gasteiger partial charge in [-0.3, -0.25) is 4.79 Å². The summed E-state index contributed by atoms with van der Waals surface area (Å²) in [5, 5.41) is 3.81. The molecule has 3 rings (SSSR count). The number of carbonyl (C=O) groups is 1. The molecule has 1 fully saturated rings. The molecular formula is C21H25Cl2N2O3+. The van der Waals surface area contributed by atoms with E-state index in [4.69, 9.17) is 32.7 Å². The Morgan fingerprint density at radius 3 is 2.71 bits per heavy atom. The fraction of sp³-hybridized carbons (Fsp3) is 0.381. The predicted octanol–water partition coefficient (Wildman–Crippen LogP) is 3.68. The molecule has 7 heteroatoms. The van der Waals surface area contributed by atoms with Crippen LogP contribution in [0.1, 0.15) is 30.0 Å². The fourth-order valence-corrected chi connectivity index (χ4v) is 4.23. The molecular weight excluding hydrogens is 399 g/mol. The lowest BCUT2D eigenvalue weighted by atomic mass is 10.0. The minimum Gasteiger partial charge on any atom is -0.497 e. The van der Waals surface area contributed by atoms with Gasteiger partial charge in [0.15, 0.2) is 6.54 Å². The van der Waals surface area contributed by atoms with Crippen LogP contribution in [0.2, 0.25) is 10.0 Å². The minimum atomic E-state index is -0.108. The van der Waals surface area contributed by atoms with Crippen molar-refractivity contribution in [3.63, 3.8) is 0 Å². The predicted molar refractivity (Wildman–Crippen MR) is 112 cm³/mol. The van der Waals surface area contributed by atoms with Crippen molar-refractivity contribution in [3.05, 3.63) is 51.5 Å². The molecule has 1 amide bonds. The van der Waals surface area contributed by atoms with Crippen LogP contribution in [0.25, 0.3) is 0 Å². The van der Waals surface area contributed by atoms with Gasteiger partial charge in [-0.1, -0.05) is 29.3 Å². The molecule has 0 saturated carbocycles. The van der Waals surface area contributed by atoms with Crippen molar-refractivity contribution in [1.29, 1.82) is 0 Å². The molecule has 1 aliphatic rings. The zero-order valence-electron chi connectivity index (χ0n) is 16.3. The Hall–Kier alpha value is -1.95. The van der Waals surface area contributed by atoms with Crippen LogP contribution in [-0.4, -0.2) is 33.2 Å². The number of ether oxygens (including phenoxy) is 2. The average molecular weight is 424 g/mol. The minimum absolute atomic E-state index is 0.108. The first-order valence-electron chi connectivity index (χ1n) is 9.25. The Kier molecular flexibility index (Phi) is 6.70. The number of likely N-dealkylation sites (tertiary alicyclic amines) is 1. The lowest BCUT2D eigenvalue weighted by Crippen LogP contribution is -3.11. The number of methoxy groups -OCH3 is 2. The molecule has 150 valence electrons. The van der Waals surface area contributed by atoms with Crippen LogP contribution >= 0.6 is 23.2 Å². The van der Waals surface area contributed by atoms with Crippen LogP contribution in [0.4, 0.5) is 5.69 Å². The van der Waals surface area contributed by atoms with Gasteiger partial charge in [0.05, 0.1) is 42.1 Å². The summed E-state index contributed by atoms with van der Waals surface area (Å²) < 4.78 is 10.9. The first-order valence-corrected chi connectivity index (χ1v) is 10.0. The van der Waals surface area contributed by atoms with Crippen molar-refractivity contribution in [1.82, 2.24) is 0 Å². The molecule has 0 spiro atoms. The molecule has 0 bridgehead atoms. The van der Waals surface area contributed by atoms with Gasteiger partial charge in [-0.05, 0) is 30.7 Å². The third-order valence-electron chi connectivity index (χ3n) is 5.24. The fourth-order valence-electron chi connectivity index (χ4n) is 3.77. The van der Waals surface area contributed by atoms with Gasteiger partial charge in [0.1, 0.15) is 17.5 Å². The number of rotatable bonds is 6. The van der Waals surface area contributed by atoms with Crippen LogP contribution in [-0.2, 0) is 4.79 Å². The number of amides is 1. The maximum absolute atomic E-state index is 12.7. The molecule has 0 aromatic heterocycles. The Bertz CT molecular complexity index is 873. The second kappa shape index (κ2) is 9.03. The number of aryl methyl sites for hydroxylation is 1. The number of quaternary nitrogens is 1. The molecule has 28 heavy (non-hydrogen) atoms. The smallest absolute Gasteiger partial charge is 0.279 e. The Labute approximate surface area is 175 Å². The van der Waals surface area contributed by atoms with Crippen molar-refractivity contribution in [3.8, 4) is 11.5 Å². The average Bonchev–Trinajstić information content (AvgIpc) is 3.15. The van der Waals surface area contributed by atoms with Crippen molar-refractivity contribution in [2.45, 2.75) is 25.8 Å². The summed E-state index contributed by atoms with van der Waals surface area (Å²) in [7, 11) is 3.29. The van der Waals surface area contributed by atoms with Crippen molar-refractivity contribution < 1.29 is 19.2 Å². The number of anilines is 1. The molecule has 2 N–H and O–H groups in total. The lowest BCUT2D eigenvalue weighted by molar-refractivity contribution is -0.910. The van der Waals surface area contributed by atoms with E-state index in [0.29, 0.717) is 22.3 Å². The van der Waals surface area contributed by atoms with Crippen molar-refractivity contribution >= 4 is 34.8 Å². The quantitative estimate of drug-likeness (QED) is 0.744. The SMILES string of the molecule is COc1ccc([C@@H]2CCC[NH+]2CC(=O)Nc2c(Cl)ccc(C)c2Cl)c(OC)c1. The second-order valence-electron chi connectivity index (χ2n) is 6.99. The van der Waals surface area contributed by atoms with E-state index in [1.165, 1.54) is 4.90 Å². The first kappa shape index (κ1) is 20.8. The summed E-state index contributed by atoms with van der Waals surface area (Å²) in [5.41, 5.74) is 2.44. The normalized spacial score (nSPS) is 18.8. The standard InChI is InChI=1S/C21H24Cl2N2O3/c1-13-6-9-16(22)21(20(13)23)24-19(26)12-25-10-4-5-17(25)15-8-7-14(27-2)11-18(15)28-3/h6-9,11,17H,4-5,10,12H2,1-3H3,(H,24,26)/p+1/t17-/m0/s1. The van der Waals surface area contributed by atoms with E-state index in [9.17, 15) is 4.79 Å². The molecule has 0 radical (unpaired) electrons. The molecule has 2 aromatic carbocycles. The summed E-state index contributed by atoms with van der Waals surface area (Å²) in [5.74, 6) is 1.43. The Balaban J connectivity index is 1.76. The zero-order chi connectivity index (χ0) is 20.3. The van der Waals surface area contributed by atoms with Crippen LogP contribution in [0.3, 0.4) is 0 Å². The van der Waals surface area contributed by atoms with Gasteiger partial charge < -0.3 is 19.7 Å². The van der Waals surface area contributed by atoms with Crippen LogP contribution < -0.4 is 19.7 Å². The second-order valence-corrected chi connectivity index (χ2v) is 7.77. The highest BCUT2D eigenvalue weighted by Crippen LogP contribution is 2.33. The van der Waals surface area contributed by atoms with E-state index in [1.54, 1.807) is 20.3 Å². The molecule has 0 aliphatic carbocycles. The van der Waals surface area contributed by atoms with Gasteiger partial charge in [0.2, 0.25) is 0 Å². The number of benzene rings is 2. The van der Waals surface area contributed by atoms with Crippen molar-refractivity contribution in [2.24, 2.45) is 0 Å². The van der Waals surface area contributed by atoms with E-state index >= 15 is 0 Å². The molecule has 5 nitrogen and oxygen atoms in total. The third-order valence-corrected chi connectivity index (χ3v) is 6.04. The number of halogens is 2. The van der Waals surface area contributed by atoms with Gasteiger partial charge in [0.25, 0.3) is 5.91 Å². The molecule has 1 unspecified atom stereocenters. The maximum Gasteiger partial charge on any atom is 0.279 e. The third kappa shape index (κ3) is 4.37. The van der Waals surface area contributed by atoms with Gasteiger partial charge >= 0.3 is 0 Å². The largest absolute Gasteiger partial charge is 0.497 e. The first-order chi connectivity index (χ1) is 13.4. The topological polar surface area (TPSA) is 52.0 Å². The highest BCUT2D eigenvalue weighted by Gasteiger charge is 2.34. The number of nitrogens with one attached hydrogen (secondary N) is 2. The summed E-state index contributed by atoms with van der Waals surface area (Å²) in [6.07, 6.45) is 2.05. The zero-order valence-corrected chi connectivity index (χ0v) is 17.8. The number of hydrogen-bond acceptors (Lipinski definition) is 3.